The van der Waals surface area contributed by atoms with Gasteiger partial charge in [0.2, 0.25) is 5.91 Å². The Hall–Kier alpha value is -2.24. The third kappa shape index (κ3) is 4.61. The highest BCUT2D eigenvalue weighted by molar-refractivity contribution is 5.94. The van der Waals surface area contributed by atoms with E-state index in [1.165, 1.54) is 0 Å². The monoisotopic (exact) mass is 321 g/mol. The molecule has 1 aromatic carbocycles. The third-order valence-corrected chi connectivity index (χ3v) is 3.80. The van der Waals surface area contributed by atoms with Crippen LogP contribution in [0.1, 0.15) is 26.2 Å². The largest absolute Gasteiger partial charge is 0.493 e. The van der Waals surface area contributed by atoms with Gasteiger partial charge in [0.05, 0.1) is 19.8 Å². The van der Waals surface area contributed by atoms with Gasteiger partial charge in [-0.15, -0.1) is 0 Å². The minimum absolute atomic E-state index is 0.0261. The van der Waals surface area contributed by atoms with Crippen LogP contribution in [0.4, 0.5) is 0 Å². The van der Waals surface area contributed by atoms with Gasteiger partial charge >= 0.3 is 5.97 Å². The summed E-state index contributed by atoms with van der Waals surface area (Å²) in [5.41, 5.74) is 0. The summed E-state index contributed by atoms with van der Waals surface area (Å²) < 4.78 is 15.9. The third-order valence-electron chi connectivity index (χ3n) is 3.80. The van der Waals surface area contributed by atoms with Crippen LogP contribution in [0.3, 0.4) is 0 Å². The topological polar surface area (TPSA) is 65.1 Å². The highest BCUT2D eigenvalue weighted by Gasteiger charge is 2.30. The van der Waals surface area contributed by atoms with Gasteiger partial charge in [-0.05, 0) is 31.9 Å². The lowest BCUT2D eigenvalue weighted by atomic mass is 10.2. The van der Waals surface area contributed by atoms with Gasteiger partial charge in [-0.25, -0.2) is 0 Å². The van der Waals surface area contributed by atoms with Crippen molar-refractivity contribution in [2.24, 2.45) is 0 Å². The van der Waals surface area contributed by atoms with E-state index < -0.39 is 5.97 Å². The average molecular weight is 321 g/mol. The fraction of sp³-hybridized carbons (Fsp3) is 0.529. The molecule has 6 heteroatoms. The molecule has 0 aliphatic carbocycles. The molecule has 1 aliphatic heterocycles. The maximum absolute atomic E-state index is 12.2. The van der Waals surface area contributed by atoms with E-state index in [9.17, 15) is 9.59 Å². The Balaban J connectivity index is 1.91. The predicted octanol–water partition coefficient (Wildman–Crippen LogP) is 2.02. The number of hydrogen-bond donors (Lipinski definition) is 0. The minimum Gasteiger partial charge on any atom is -0.493 e. The molecule has 6 nitrogen and oxygen atoms in total. The number of benzene rings is 1. The van der Waals surface area contributed by atoms with Crippen LogP contribution in [0.15, 0.2) is 24.3 Å². The second-order valence-corrected chi connectivity index (χ2v) is 5.33. The van der Waals surface area contributed by atoms with Gasteiger partial charge < -0.3 is 19.1 Å². The maximum atomic E-state index is 12.2. The molecule has 1 heterocycles. The molecule has 1 fully saturated rings. The number of ether oxygens (including phenoxy) is 3. The van der Waals surface area contributed by atoms with E-state index in [1.807, 2.05) is 24.3 Å². The number of nitrogens with zero attached hydrogens (tertiary/aromatic N) is 1. The zero-order valence-corrected chi connectivity index (χ0v) is 13.6. The van der Waals surface area contributed by atoms with Gasteiger partial charge in [0.25, 0.3) is 0 Å². The molecule has 0 saturated carbocycles. The highest BCUT2D eigenvalue weighted by atomic mass is 16.5. The summed E-state index contributed by atoms with van der Waals surface area (Å²) in [7, 11) is 1.59. The van der Waals surface area contributed by atoms with Crippen molar-refractivity contribution < 1.29 is 23.8 Å². The van der Waals surface area contributed by atoms with E-state index in [-0.39, 0.29) is 25.0 Å². The Kier molecular flexibility index (Phi) is 6.26. The van der Waals surface area contributed by atoms with Crippen molar-refractivity contribution in [2.45, 2.75) is 32.2 Å². The van der Waals surface area contributed by atoms with Crippen LogP contribution in [-0.4, -0.2) is 49.7 Å². The molecule has 1 amide bonds. The molecule has 0 N–H and O–H groups in total. The fourth-order valence-electron chi connectivity index (χ4n) is 2.70. The highest BCUT2D eigenvalue weighted by Crippen LogP contribution is 2.27. The molecule has 1 atom stereocenters. The summed E-state index contributed by atoms with van der Waals surface area (Å²) in [6.45, 7) is 3.04. The first-order valence-corrected chi connectivity index (χ1v) is 7.86. The molecule has 0 aromatic heterocycles. The van der Waals surface area contributed by atoms with Gasteiger partial charge in [0, 0.05) is 6.54 Å². The molecule has 0 bridgehead atoms. The summed E-state index contributed by atoms with van der Waals surface area (Å²) >= 11 is 0. The zero-order valence-electron chi connectivity index (χ0n) is 13.6. The van der Waals surface area contributed by atoms with Crippen LogP contribution >= 0.6 is 0 Å². The lowest BCUT2D eigenvalue weighted by Gasteiger charge is -2.24. The van der Waals surface area contributed by atoms with Crippen molar-refractivity contribution in [3.63, 3.8) is 0 Å². The van der Waals surface area contributed by atoms with Gasteiger partial charge in [0.15, 0.2) is 11.5 Å². The summed E-state index contributed by atoms with van der Waals surface area (Å²) in [5, 5.41) is 0. The van der Waals surface area contributed by atoms with Crippen molar-refractivity contribution in [3.05, 3.63) is 24.3 Å². The standard InChI is InChI=1S/C17H23NO5/c1-3-22-17(20)11-16(19)18-10-6-7-13(18)12-23-15-9-5-4-8-14(15)21-2/h4-5,8-9,13H,3,6-7,10-12H2,1-2H3/t13-/m1/s1. The molecule has 1 aliphatic rings. The van der Waals surface area contributed by atoms with Gasteiger partial charge in [-0.3, -0.25) is 9.59 Å². The molecule has 126 valence electrons. The number of para-hydroxylation sites is 2. The van der Waals surface area contributed by atoms with Gasteiger partial charge in [-0.1, -0.05) is 12.1 Å². The Labute approximate surface area is 136 Å². The van der Waals surface area contributed by atoms with Crippen LogP contribution in [-0.2, 0) is 14.3 Å². The Bertz CT molecular complexity index is 546. The van der Waals surface area contributed by atoms with Crippen LogP contribution in [0, 0.1) is 0 Å². The molecule has 1 aromatic rings. The van der Waals surface area contributed by atoms with Crippen molar-refractivity contribution in [2.75, 3.05) is 26.9 Å². The predicted molar refractivity (Wildman–Crippen MR) is 84.5 cm³/mol. The molecule has 0 radical (unpaired) electrons. The molecular formula is C17H23NO5. The summed E-state index contributed by atoms with van der Waals surface area (Å²) in [6, 6.07) is 7.38. The van der Waals surface area contributed by atoms with Crippen LogP contribution in [0.5, 0.6) is 11.5 Å². The van der Waals surface area contributed by atoms with E-state index in [1.54, 1.807) is 18.9 Å². The first-order valence-electron chi connectivity index (χ1n) is 7.86. The first-order chi connectivity index (χ1) is 11.2. The van der Waals surface area contributed by atoms with E-state index in [0.29, 0.717) is 24.7 Å². The fourth-order valence-corrected chi connectivity index (χ4v) is 2.70. The Morgan fingerprint density at radius 3 is 2.70 bits per heavy atom. The Morgan fingerprint density at radius 2 is 2.00 bits per heavy atom. The first kappa shape index (κ1) is 17.1. The number of likely N-dealkylation sites (tertiary alicyclic amines) is 1. The SMILES string of the molecule is CCOC(=O)CC(=O)N1CCC[C@@H]1COc1ccccc1OC. The quantitative estimate of drug-likeness (QED) is 0.568. The normalized spacial score (nSPS) is 17.0. The second-order valence-electron chi connectivity index (χ2n) is 5.33. The molecule has 0 unspecified atom stereocenters. The van der Waals surface area contributed by atoms with Crippen molar-refractivity contribution >= 4 is 11.9 Å². The summed E-state index contributed by atoms with van der Waals surface area (Å²) in [4.78, 5) is 25.4. The molecule has 23 heavy (non-hydrogen) atoms. The minimum atomic E-state index is -0.478. The number of hydrogen-bond acceptors (Lipinski definition) is 5. The number of carbonyl (C=O) groups excluding carboxylic acids is 2. The van der Waals surface area contributed by atoms with Crippen LogP contribution < -0.4 is 9.47 Å². The average Bonchev–Trinajstić information content (AvgIpc) is 3.02. The van der Waals surface area contributed by atoms with Crippen LogP contribution in [0.25, 0.3) is 0 Å². The summed E-state index contributed by atoms with van der Waals surface area (Å²) in [5.74, 6) is 0.637. The summed E-state index contributed by atoms with van der Waals surface area (Å²) in [6.07, 6.45) is 1.57. The lowest BCUT2D eigenvalue weighted by Crippen LogP contribution is -2.40. The van der Waals surface area contributed by atoms with E-state index >= 15 is 0 Å². The smallest absolute Gasteiger partial charge is 0.315 e. The maximum Gasteiger partial charge on any atom is 0.315 e. The molecule has 2 rings (SSSR count). The number of esters is 1. The molecule has 1 saturated heterocycles. The van der Waals surface area contributed by atoms with E-state index in [2.05, 4.69) is 0 Å². The van der Waals surface area contributed by atoms with E-state index in [0.717, 1.165) is 12.8 Å². The van der Waals surface area contributed by atoms with E-state index in [4.69, 9.17) is 14.2 Å². The number of methoxy groups -OCH3 is 1. The number of carbonyl (C=O) groups is 2. The zero-order chi connectivity index (χ0) is 16.7. The molecular weight excluding hydrogens is 298 g/mol. The van der Waals surface area contributed by atoms with Crippen molar-refractivity contribution in [1.82, 2.24) is 4.90 Å². The second kappa shape index (κ2) is 8.41. The number of amides is 1. The van der Waals surface area contributed by atoms with Gasteiger partial charge in [0.1, 0.15) is 13.0 Å². The lowest BCUT2D eigenvalue weighted by molar-refractivity contribution is -0.149. The van der Waals surface area contributed by atoms with Gasteiger partial charge in [-0.2, -0.15) is 0 Å². The molecule has 0 spiro atoms. The van der Waals surface area contributed by atoms with Crippen molar-refractivity contribution in [3.8, 4) is 11.5 Å². The Morgan fingerprint density at radius 1 is 1.26 bits per heavy atom. The number of rotatable bonds is 7. The van der Waals surface area contributed by atoms with Crippen molar-refractivity contribution in [1.29, 1.82) is 0 Å². The van der Waals surface area contributed by atoms with Crippen LogP contribution in [0.2, 0.25) is 0 Å².